The summed E-state index contributed by atoms with van der Waals surface area (Å²) in [5.74, 6) is 0.321. The van der Waals surface area contributed by atoms with Gasteiger partial charge in [-0.1, -0.05) is 20.8 Å². The van der Waals surface area contributed by atoms with Crippen LogP contribution in [0.25, 0.3) is 0 Å². The van der Waals surface area contributed by atoms with Crippen molar-refractivity contribution < 1.29 is 8.42 Å². The average molecular weight is 319 g/mol. The topological polar surface area (TPSA) is 49.4 Å². The Labute approximate surface area is 127 Å². The Morgan fingerprint density at radius 2 is 2.05 bits per heavy atom. The summed E-state index contributed by atoms with van der Waals surface area (Å²) in [6, 6.07) is 1.79. The first-order chi connectivity index (χ1) is 9.28. The summed E-state index contributed by atoms with van der Waals surface area (Å²) in [4.78, 5) is 1.11. The number of aryl methyl sites for hydroxylation is 1. The molecule has 0 bridgehead atoms. The number of hydrogen-bond donors (Lipinski definition) is 1. The van der Waals surface area contributed by atoms with E-state index < -0.39 is 10.0 Å². The maximum absolute atomic E-state index is 12.5. The van der Waals surface area contributed by atoms with Crippen molar-refractivity contribution >= 4 is 21.4 Å². The van der Waals surface area contributed by atoms with Crippen LogP contribution < -0.4 is 5.32 Å². The molecule has 0 aliphatic rings. The Balaban J connectivity index is 2.88. The highest BCUT2D eigenvalue weighted by molar-refractivity contribution is 7.91. The van der Waals surface area contributed by atoms with Crippen LogP contribution in [0, 0.1) is 12.8 Å². The molecule has 0 fully saturated rings. The van der Waals surface area contributed by atoms with Gasteiger partial charge in [0, 0.05) is 25.0 Å². The SMILES string of the molecule is CCCNCc1sc(S(=O)(=O)N(C)CC(C)C)cc1C. The van der Waals surface area contributed by atoms with Gasteiger partial charge in [-0.25, -0.2) is 8.42 Å². The van der Waals surface area contributed by atoms with E-state index in [1.54, 1.807) is 13.1 Å². The average Bonchev–Trinajstić information content (AvgIpc) is 2.71. The van der Waals surface area contributed by atoms with E-state index in [1.807, 2.05) is 20.8 Å². The molecule has 116 valence electrons. The van der Waals surface area contributed by atoms with E-state index in [0.29, 0.717) is 16.7 Å². The van der Waals surface area contributed by atoms with E-state index in [0.717, 1.165) is 30.0 Å². The van der Waals surface area contributed by atoms with E-state index in [2.05, 4.69) is 12.2 Å². The monoisotopic (exact) mass is 318 g/mol. The van der Waals surface area contributed by atoms with E-state index in [1.165, 1.54) is 15.6 Å². The zero-order chi connectivity index (χ0) is 15.3. The summed E-state index contributed by atoms with van der Waals surface area (Å²) < 4.78 is 26.9. The third kappa shape index (κ3) is 4.55. The Morgan fingerprint density at radius 3 is 2.60 bits per heavy atom. The van der Waals surface area contributed by atoms with Crippen molar-refractivity contribution in [2.24, 2.45) is 5.92 Å². The molecule has 4 nitrogen and oxygen atoms in total. The van der Waals surface area contributed by atoms with Gasteiger partial charge in [0.25, 0.3) is 10.0 Å². The Hall–Kier alpha value is -0.430. The van der Waals surface area contributed by atoms with Crippen molar-refractivity contribution in [2.75, 3.05) is 20.1 Å². The van der Waals surface area contributed by atoms with Crippen LogP contribution in [0.5, 0.6) is 0 Å². The Bertz CT molecular complexity index is 521. The standard InChI is InChI=1S/C14H26N2O2S2/c1-6-7-15-9-13-12(4)8-14(19-13)20(17,18)16(5)10-11(2)3/h8,11,15H,6-7,9-10H2,1-5H3. The molecule has 0 aliphatic carbocycles. The summed E-state index contributed by atoms with van der Waals surface area (Å²) in [5.41, 5.74) is 1.05. The largest absolute Gasteiger partial charge is 0.312 e. The van der Waals surface area contributed by atoms with Crippen LogP contribution >= 0.6 is 11.3 Å². The first-order valence-electron chi connectivity index (χ1n) is 7.05. The minimum absolute atomic E-state index is 0.321. The maximum Gasteiger partial charge on any atom is 0.252 e. The lowest BCUT2D eigenvalue weighted by Crippen LogP contribution is -2.29. The van der Waals surface area contributed by atoms with Gasteiger partial charge < -0.3 is 5.32 Å². The van der Waals surface area contributed by atoms with Crippen LogP contribution in [0.3, 0.4) is 0 Å². The summed E-state index contributed by atoms with van der Waals surface area (Å²) in [7, 11) is -1.69. The van der Waals surface area contributed by atoms with E-state index in [9.17, 15) is 8.42 Å². The van der Waals surface area contributed by atoms with Gasteiger partial charge in [0.1, 0.15) is 4.21 Å². The molecule has 0 saturated heterocycles. The van der Waals surface area contributed by atoms with Gasteiger partial charge in [0.05, 0.1) is 0 Å². The molecule has 0 radical (unpaired) electrons. The second-order valence-electron chi connectivity index (χ2n) is 5.53. The molecule has 0 aromatic carbocycles. The number of thiophene rings is 1. The molecular formula is C14H26N2O2S2. The zero-order valence-corrected chi connectivity index (χ0v) is 14.7. The quantitative estimate of drug-likeness (QED) is 0.750. The molecule has 20 heavy (non-hydrogen) atoms. The number of hydrogen-bond acceptors (Lipinski definition) is 4. The minimum atomic E-state index is -3.34. The second-order valence-corrected chi connectivity index (χ2v) is 8.94. The highest BCUT2D eigenvalue weighted by Gasteiger charge is 2.24. The van der Waals surface area contributed by atoms with Crippen molar-refractivity contribution in [1.29, 1.82) is 0 Å². The predicted molar refractivity (Wildman–Crippen MR) is 85.7 cm³/mol. The van der Waals surface area contributed by atoms with Crippen molar-refractivity contribution in [2.45, 2.75) is 44.9 Å². The van der Waals surface area contributed by atoms with Gasteiger partial charge in [-0.05, 0) is 37.4 Å². The smallest absolute Gasteiger partial charge is 0.252 e. The fourth-order valence-electron chi connectivity index (χ4n) is 1.94. The zero-order valence-electron chi connectivity index (χ0n) is 13.1. The number of nitrogens with zero attached hydrogens (tertiary/aromatic N) is 1. The molecule has 0 unspecified atom stereocenters. The minimum Gasteiger partial charge on any atom is -0.312 e. The fourth-order valence-corrected chi connectivity index (χ4v) is 5.04. The van der Waals surface area contributed by atoms with Gasteiger partial charge in [-0.2, -0.15) is 4.31 Å². The predicted octanol–water partition coefficient (Wildman–Crippen LogP) is 2.83. The van der Waals surface area contributed by atoms with Crippen LogP contribution in [0.1, 0.15) is 37.6 Å². The molecule has 1 rings (SSSR count). The van der Waals surface area contributed by atoms with Gasteiger partial charge >= 0.3 is 0 Å². The molecule has 0 spiro atoms. The maximum atomic E-state index is 12.5. The molecule has 6 heteroatoms. The molecule has 1 aromatic heterocycles. The number of nitrogens with one attached hydrogen (secondary N) is 1. The summed E-state index contributed by atoms with van der Waals surface area (Å²) >= 11 is 1.38. The first-order valence-corrected chi connectivity index (χ1v) is 9.31. The molecular weight excluding hydrogens is 292 g/mol. The normalized spacial score (nSPS) is 12.6. The lowest BCUT2D eigenvalue weighted by molar-refractivity contribution is 0.418. The summed E-state index contributed by atoms with van der Waals surface area (Å²) in [6.07, 6.45) is 1.08. The molecule has 0 saturated carbocycles. The van der Waals surface area contributed by atoms with Crippen LogP contribution in [0.15, 0.2) is 10.3 Å². The summed E-state index contributed by atoms with van der Waals surface area (Å²) in [5, 5.41) is 3.32. The van der Waals surface area contributed by atoms with Gasteiger partial charge in [0.2, 0.25) is 0 Å². The van der Waals surface area contributed by atoms with Crippen molar-refractivity contribution in [1.82, 2.24) is 9.62 Å². The van der Waals surface area contributed by atoms with Crippen molar-refractivity contribution in [3.8, 4) is 0 Å². The Morgan fingerprint density at radius 1 is 1.40 bits per heavy atom. The fraction of sp³-hybridized carbons (Fsp3) is 0.714. The highest BCUT2D eigenvalue weighted by atomic mass is 32.2. The highest BCUT2D eigenvalue weighted by Crippen LogP contribution is 2.28. The lowest BCUT2D eigenvalue weighted by Gasteiger charge is -2.17. The lowest BCUT2D eigenvalue weighted by atomic mass is 10.2. The molecule has 1 aromatic rings. The van der Waals surface area contributed by atoms with Crippen LogP contribution in [-0.2, 0) is 16.6 Å². The van der Waals surface area contributed by atoms with Crippen LogP contribution in [0.4, 0.5) is 0 Å². The van der Waals surface area contributed by atoms with Gasteiger partial charge in [-0.15, -0.1) is 11.3 Å². The molecule has 1 heterocycles. The molecule has 0 amide bonds. The van der Waals surface area contributed by atoms with Crippen LogP contribution in [0.2, 0.25) is 0 Å². The van der Waals surface area contributed by atoms with E-state index in [4.69, 9.17) is 0 Å². The van der Waals surface area contributed by atoms with E-state index >= 15 is 0 Å². The molecule has 0 aliphatic heterocycles. The number of sulfonamides is 1. The first kappa shape index (κ1) is 17.6. The van der Waals surface area contributed by atoms with E-state index in [-0.39, 0.29) is 0 Å². The summed E-state index contributed by atoms with van der Waals surface area (Å²) in [6.45, 7) is 10.4. The third-order valence-electron chi connectivity index (χ3n) is 3.00. The van der Waals surface area contributed by atoms with Crippen molar-refractivity contribution in [3.63, 3.8) is 0 Å². The number of rotatable bonds is 8. The van der Waals surface area contributed by atoms with Gasteiger partial charge in [-0.3, -0.25) is 0 Å². The van der Waals surface area contributed by atoms with Crippen LogP contribution in [-0.4, -0.2) is 32.9 Å². The Kier molecular flexibility index (Phi) is 6.64. The molecule has 0 atom stereocenters. The third-order valence-corrected chi connectivity index (χ3v) is 6.51. The van der Waals surface area contributed by atoms with Crippen molar-refractivity contribution in [3.05, 3.63) is 16.5 Å². The second kappa shape index (κ2) is 7.54. The molecule has 1 N–H and O–H groups in total. The van der Waals surface area contributed by atoms with Gasteiger partial charge in [0.15, 0.2) is 0 Å².